The van der Waals surface area contributed by atoms with Gasteiger partial charge in [-0.25, -0.2) is 4.98 Å². The van der Waals surface area contributed by atoms with Crippen molar-refractivity contribution in [3.63, 3.8) is 0 Å². The van der Waals surface area contributed by atoms with Gasteiger partial charge in [-0.3, -0.25) is 0 Å². The Hall–Kier alpha value is -0.500. The molecule has 0 aliphatic carbocycles. The zero-order chi connectivity index (χ0) is 13.1. The minimum Gasteiger partial charge on any atom is -0.245 e. The van der Waals surface area contributed by atoms with Crippen molar-refractivity contribution >= 4 is 56.6 Å². The molecule has 0 spiro atoms. The number of halogens is 3. The predicted octanol–water partition coefficient (Wildman–Crippen LogP) is 5.99. The zero-order valence-corrected chi connectivity index (χ0v) is 12.4. The minimum absolute atomic E-state index is 0.692. The fourth-order valence-electron chi connectivity index (χ4n) is 1.88. The molecule has 0 saturated heterocycles. The van der Waals surface area contributed by atoms with Crippen LogP contribution in [0.2, 0.25) is 10.0 Å². The van der Waals surface area contributed by atoms with Crippen LogP contribution >= 0.6 is 34.8 Å². The third-order valence-corrected chi connectivity index (χ3v) is 3.73. The Morgan fingerprint density at radius 2 is 1.83 bits per heavy atom. The Kier molecular flexibility index (Phi) is 4.71. The number of fused-ring (bicyclic) bond motifs is 1. The van der Waals surface area contributed by atoms with Crippen LogP contribution in [0.25, 0.3) is 21.8 Å². The van der Waals surface area contributed by atoms with Crippen molar-refractivity contribution in [3.8, 4) is 0 Å². The Bertz CT molecular complexity index is 599. The van der Waals surface area contributed by atoms with E-state index in [9.17, 15) is 0 Å². The lowest BCUT2D eigenvalue weighted by molar-refractivity contribution is 0.776. The first-order valence-corrected chi connectivity index (χ1v) is 7.33. The first-order valence-electron chi connectivity index (χ1n) is 6.04. The third kappa shape index (κ3) is 2.59. The predicted molar refractivity (Wildman–Crippen MR) is 81.9 cm³/mol. The minimum atomic E-state index is 0.692. The Labute approximate surface area is 122 Å². The number of aromatic nitrogens is 1. The third-order valence-electron chi connectivity index (χ3n) is 2.86. The first kappa shape index (κ1) is 13.9. The van der Waals surface area contributed by atoms with E-state index in [1.807, 2.05) is 18.2 Å². The van der Waals surface area contributed by atoms with Crippen LogP contribution in [0.5, 0.6) is 0 Å². The van der Waals surface area contributed by atoms with Crippen LogP contribution in [0, 0.1) is 0 Å². The van der Waals surface area contributed by atoms with Crippen LogP contribution in [0.3, 0.4) is 0 Å². The Morgan fingerprint density at radius 3 is 2.39 bits per heavy atom. The average molecular weight is 303 g/mol. The number of hydrogen-bond donors (Lipinski definition) is 0. The summed E-state index contributed by atoms with van der Waals surface area (Å²) in [7, 11) is 0. The van der Waals surface area contributed by atoms with E-state index in [0.29, 0.717) is 5.02 Å². The van der Waals surface area contributed by atoms with Crippen LogP contribution in [-0.2, 0) is 0 Å². The van der Waals surface area contributed by atoms with Gasteiger partial charge in [0.2, 0.25) is 0 Å². The van der Waals surface area contributed by atoms with E-state index in [1.165, 1.54) is 19.3 Å². The molecule has 2 heterocycles. The highest BCUT2D eigenvalue weighted by Crippen LogP contribution is 2.39. The summed E-state index contributed by atoms with van der Waals surface area (Å²) in [6.07, 6.45) is 3.73. The lowest BCUT2D eigenvalue weighted by Gasteiger charge is -2.12. The van der Waals surface area contributed by atoms with Crippen LogP contribution in [-0.4, -0.2) is 10.9 Å². The van der Waals surface area contributed by atoms with Gasteiger partial charge in [0.15, 0.2) is 0 Å². The highest BCUT2D eigenvalue weighted by Gasteiger charge is 2.16. The number of hydrogen-bond acceptors (Lipinski definition) is 1. The molecule has 0 radical (unpaired) electrons. The second-order valence-electron chi connectivity index (χ2n) is 4.21. The Morgan fingerprint density at radius 1 is 1.06 bits per heavy atom. The molecule has 0 N–H and O–H groups in total. The summed E-state index contributed by atoms with van der Waals surface area (Å²) in [6, 6.07) is 5.73. The topological polar surface area (TPSA) is 12.9 Å². The Balaban J connectivity index is 0.000000174. The summed E-state index contributed by atoms with van der Waals surface area (Å²) in [4.78, 5) is 4.25. The van der Waals surface area contributed by atoms with Crippen molar-refractivity contribution < 1.29 is 0 Å². The number of alkyl halides is 1. The van der Waals surface area contributed by atoms with E-state index in [1.54, 1.807) is 0 Å². The molecule has 0 fully saturated rings. The van der Waals surface area contributed by atoms with Gasteiger partial charge in [0.1, 0.15) is 0 Å². The molecular weight excluding hydrogens is 289 g/mol. The fourth-order valence-corrected chi connectivity index (χ4v) is 2.57. The van der Waals surface area contributed by atoms with Gasteiger partial charge in [-0.2, -0.15) is 0 Å². The van der Waals surface area contributed by atoms with Gasteiger partial charge in [0.25, 0.3) is 0 Å². The van der Waals surface area contributed by atoms with Crippen LogP contribution in [0.15, 0.2) is 18.2 Å². The largest absolute Gasteiger partial charge is 0.245 e. The normalized spacial score (nSPS) is 11.1. The van der Waals surface area contributed by atoms with E-state index < -0.39 is 0 Å². The molecule has 0 aliphatic heterocycles. The summed E-state index contributed by atoms with van der Waals surface area (Å²) in [6.45, 7) is 2.17. The monoisotopic (exact) mass is 301 g/mol. The molecule has 1 nitrogen and oxygen atoms in total. The lowest BCUT2D eigenvalue weighted by atomic mass is 10.0. The molecule has 2 aromatic carbocycles. The molecule has 4 heteroatoms. The lowest BCUT2D eigenvalue weighted by Crippen LogP contribution is -1.93. The first-order chi connectivity index (χ1) is 8.69. The van der Waals surface area contributed by atoms with Gasteiger partial charge < -0.3 is 0 Å². The maximum Gasteiger partial charge on any atom is 0.0933 e. The standard InChI is InChI=1S/C9H3Cl2N.C5H11Cl/c10-5-2-1-4-3-6(11)9-7(5)8(4)12-9;1-2-3-4-5-6/h1-3H;2-5H2,1H3. The van der Waals surface area contributed by atoms with Crippen molar-refractivity contribution in [2.75, 3.05) is 5.88 Å². The summed E-state index contributed by atoms with van der Waals surface area (Å²) in [5.74, 6) is 0.827. The number of benzene rings is 2. The molecule has 2 aromatic heterocycles. The molecule has 0 saturated carbocycles. The van der Waals surface area contributed by atoms with Gasteiger partial charge in [-0.15, -0.1) is 11.6 Å². The van der Waals surface area contributed by atoms with E-state index in [0.717, 1.165) is 32.7 Å². The van der Waals surface area contributed by atoms with E-state index in [4.69, 9.17) is 34.8 Å². The number of rotatable bonds is 3. The summed E-state index contributed by atoms with van der Waals surface area (Å²) in [5.41, 5.74) is 1.83. The van der Waals surface area contributed by atoms with Crippen molar-refractivity contribution in [3.05, 3.63) is 28.2 Å². The van der Waals surface area contributed by atoms with Crippen LogP contribution in [0.1, 0.15) is 26.2 Å². The summed E-state index contributed by atoms with van der Waals surface area (Å²) >= 11 is 17.3. The molecule has 0 amide bonds. The van der Waals surface area contributed by atoms with Gasteiger partial charge in [0.05, 0.1) is 21.1 Å². The highest BCUT2D eigenvalue weighted by molar-refractivity contribution is 6.43. The molecule has 0 atom stereocenters. The van der Waals surface area contributed by atoms with Gasteiger partial charge in [-0.05, 0) is 18.6 Å². The smallest absolute Gasteiger partial charge is 0.0933 e. The maximum absolute atomic E-state index is 5.96. The quantitative estimate of drug-likeness (QED) is 0.428. The number of pyridine rings is 1. The van der Waals surface area contributed by atoms with Crippen molar-refractivity contribution in [1.82, 2.24) is 4.98 Å². The number of nitrogens with zero attached hydrogens (tertiary/aromatic N) is 1. The summed E-state index contributed by atoms with van der Waals surface area (Å²) in [5, 5.41) is 3.51. The summed E-state index contributed by atoms with van der Waals surface area (Å²) < 4.78 is 0. The van der Waals surface area contributed by atoms with Crippen LogP contribution in [0.4, 0.5) is 0 Å². The number of unbranched alkanes of at least 4 members (excludes halogenated alkanes) is 2. The molecule has 4 rings (SSSR count). The van der Waals surface area contributed by atoms with Crippen molar-refractivity contribution in [2.24, 2.45) is 0 Å². The van der Waals surface area contributed by atoms with E-state index in [-0.39, 0.29) is 0 Å². The fraction of sp³-hybridized carbons (Fsp3) is 0.357. The molecule has 18 heavy (non-hydrogen) atoms. The highest BCUT2D eigenvalue weighted by atomic mass is 35.5. The van der Waals surface area contributed by atoms with Gasteiger partial charge in [-0.1, -0.05) is 49.0 Å². The molecule has 4 aromatic rings. The molecular formula is C14H14Cl3N. The maximum atomic E-state index is 5.96. The molecule has 0 unspecified atom stereocenters. The van der Waals surface area contributed by atoms with E-state index in [2.05, 4.69) is 11.9 Å². The van der Waals surface area contributed by atoms with Crippen molar-refractivity contribution in [1.29, 1.82) is 0 Å². The molecule has 96 valence electrons. The van der Waals surface area contributed by atoms with Gasteiger partial charge in [0, 0.05) is 16.7 Å². The van der Waals surface area contributed by atoms with Crippen LogP contribution < -0.4 is 0 Å². The van der Waals surface area contributed by atoms with Crippen molar-refractivity contribution in [2.45, 2.75) is 26.2 Å². The molecule has 0 aliphatic rings. The van der Waals surface area contributed by atoms with E-state index >= 15 is 0 Å². The zero-order valence-electron chi connectivity index (χ0n) is 10.1. The van der Waals surface area contributed by atoms with Gasteiger partial charge >= 0.3 is 0 Å². The average Bonchev–Trinajstić information content (AvgIpc) is 2.32. The second-order valence-corrected chi connectivity index (χ2v) is 5.40. The SMILES string of the molecule is CCCCCCl.Clc1cc2ccc(Cl)c3c1N=c23. The second kappa shape index (κ2) is 6.10. The molecule has 4 bridgehead atoms.